The highest BCUT2D eigenvalue weighted by atomic mass is 15.1. The summed E-state index contributed by atoms with van der Waals surface area (Å²) < 4.78 is 2.17. The summed E-state index contributed by atoms with van der Waals surface area (Å²) in [5.74, 6) is 0. The van der Waals surface area contributed by atoms with Crippen LogP contribution < -0.4 is 5.32 Å². The smallest absolute Gasteiger partial charge is 0.136 e. The molecule has 0 saturated heterocycles. The number of likely N-dealkylation sites (N-methyl/N-ethyl adjacent to an activating group) is 2. The van der Waals surface area contributed by atoms with E-state index in [1.807, 2.05) is 27.1 Å². The molecule has 0 unspecified atom stereocenters. The summed E-state index contributed by atoms with van der Waals surface area (Å²) in [4.78, 5) is 6.71. The monoisotopic (exact) mass is 262 g/mol. The maximum absolute atomic E-state index is 4.41. The lowest BCUT2D eigenvalue weighted by molar-refractivity contribution is 0.323. The molecule has 0 radical (unpaired) electrons. The van der Waals surface area contributed by atoms with Crippen molar-refractivity contribution in [1.29, 1.82) is 0 Å². The second-order valence-corrected chi connectivity index (χ2v) is 4.53. The lowest BCUT2D eigenvalue weighted by Crippen LogP contribution is -2.27. The highest BCUT2D eigenvalue weighted by Crippen LogP contribution is 2.10. The van der Waals surface area contributed by atoms with Gasteiger partial charge in [0.05, 0.1) is 11.9 Å². The molecule has 4 nitrogen and oxygen atoms in total. The fourth-order valence-electron chi connectivity index (χ4n) is 1.91. The first-order valence-electron chi connectivity index (χ1n) is 6.96. The summed E-state index contributed by atoms with van der Waals surface area (Å²) in [6.07, 6.45) is 4.11. The van der Waals surface area contributed by atoms with Crippen molar-refractivity contribution in [2.75, 3.05) is 27.2 Å². The Hall–Kier alpha value is -1.39. The van der Waals surface area contributed by atoms with Gasteiger partial charge in [-0.05, 0) is 32.6 Å². The van der Waals surface area contributed by atoms with Crippen LogP contribution in [0.1, 0.15) is 25.1 Å². The van der Waals surface area contributed by atoms with Crippen LogP contribution in [0.15, 0.2) is 24.5 Å². The number of rotatable bonds is 5. The third-order valence-electron chi connectivity index (χ3n) is 2.91. The number of nitrogens with one attached hydrogen (secondary N) is 1. The highest BCUT2D eigenvalue weighted by Gasteiger charge is 2.05. The molecular formula is C15H26N4. The van der Waals surface area contributed by atoms with E-state index in [1.54, 1.807) is 0 Å². The lowest BCUT2D eigenvalue weighted by atomic mass is 10.3. The van der Waals surface area contributed by atoms with Crippen molar-refractivity contribution in [3.63, 3.8) is 0 Å². The van der Waals surface area contributed by atoms with Crippen molar-refractivity contribution in [3.8, 4) is 0 Å². The maximum atomic E-state index is 4.41. The Bertz CT molecular complexity index is 490. The van der Waals surface area contributed by atoms with E-state index >= 15 is 0 Å². The van der Waals surface area contributed by atoms with Crippen LogP contribution in [-0.2, 0) is 6.54 Å². The number of aromatic nitrogens is 2. The number of hydrogen-bond donors (Lipinski definition) is 1. The second kappa shape index (κ2) is 7.92. The molecule has 106 valence electrons. The minimum Gasteiger partial charge on any atom is -0.318 e. The standard InChI is InChI=1S/C13H20N4.C2H6/c1-11-4-5-13-15-8-12(17(13)9-11)10-16(3)7-6-14-2;1-2/h4-5,8-9,14H,6-7,10H2,1-3H3;1-2H3. The Kier molecular flexibility index (Phi) is 6.53. The average Bonchev–Trinajstić information content (AvgIpc) is 2.81. The van der Waals surface area contributed by atoms with Crippen molar-refractivity contribution in [1.82, 2.24) is 19.6 Å². The number of imidazole rings is 1. The molecule has 0 aliphatic carbocycles. The number of pyridine rings is 1. The zero-order valence-electron chi connectivity index (χ0n) is 12.8. The Balaban J connectivity index is 0.000000861. The molecule has 4 heteroatoms. The van der Waals surface area contributed by atoms with E-state index < -0.39 is 0 Å². The molecule has 0 aromatic carbocycles. The first-order chi connectivity index (χ1) is 9.20. The molecule has 1 N–H and O–H groups in total. The molecule has 0 aliphatic heterocycles. The van der Waals surface area contributed by atoms with Gasteiger partial charge in [-0.3, -0.25) is 4.90 Å². The van der Waals surface area contributed by atoms with E-state index in [9.17, 15) is 0 Å². The van der Waals surface area contributed by atoms with Gasteiger partial charge in [0, 0.05) is 25.8 Å². The largest absolute Gasteiger partial charge is 0.318 e. The second-order valence-electron chi connectivity index (χ2n) is 4.53. The molecular weight excluding hydrogens is 236 g/mol. The fourth-order valence-corrected chi connectivity index (χ4v) is 1.91. The molecule has 19 heavy (non-hydrogen) atoms. The predicted octanol–water partition coefficient (Wildman–Crippen LogP) is 2.32. The van der Waals surface area contributed by atoms with Gasteiger partial charge >= 0.3 is 0 Å². The van der Waals surface area contributed by atoms with E-state index in [4.69, 9.17) is 0 Å². The van der Waals surface area contributed by atoms with Gasteiger partial charge in [0.25, 0.3) is 0 Å². The van der Waals surface area contributed by atoms with Crippen molar-refractivity contribution in [2.24, 2.45) is 0 Å². The fraction of sp³-hybridized carbons (Fsp3) is 0.533. The molecule has 0 saturated carbocycles. The number of hydrogen-bond acceptors (Lipinski definition) is 3. The van der Waals surface area contributed by atoms with Crippen molar-refractivity contribution in [3.05, 3.63) is 35.8 Å². The van der Waals surface area contributed by atoms with Crippen molar-refractivity contribution < 1.29 is 0 Å². The van der Waals surface area contributed by atoms with Gasteiger partial charge in [-0.1, -0.05) is 19.9 Å². The van der Waals surface area contributed by atoms with Gasteiger partial charge in [-0.25, -0.2) is 4.98 Å². The van der Waals surface area contributed by atoms with Gasteiger partial charge in [0.15, 0.2) is 0 Å². The quantitative estimate of drug-likeness (QED) is 0.897. The van der Waals surface area contributed by atoms with E-state index in [2.05, 4.69) is 51.9 Å². The zero-order chi connectivity index (χ0) is 14.3. The Morgan fingerprint density at radius 3 is 2.74 bits per heavy atom. The van der Waals surface area contributed by atoms with E-state index in [1.165, 1.54) is 11.3 Å². The summed E-state index contributed by atoms with van der Waals surface area (Å²) in [7, 11) is 4.11. The van der Waals surface area contributed by atoms with Crippen LogP contribution in [0.25, 0.3) is 5.65 Å². The number of nitrogens with zero attached hydrogens (tertiary/aromatic N) is 3. The first-order valence-corrected chi connectivity index (χ1v) is 6.96. The van der Waals surface area contributed by atoms with Crippen LogP contribution in [0, 0.1) is 6.92 Å². The molecule has 0 aliphatic rings. The normalized spacial score (nSPS) is 10.6. The third-order valence-corrected chi connectivity index (χ3v) is 2.91. The summed E-state index contributed by atoms with van der Waals surface area (Å²) in [6, 6.07) is 4.16. The molecule has 0 fully saturated rings. The molecule has 0 atom stereocenters. The van der Waals surface area contributed by atoms with E-state index in [0.717, 1.165) is 25.3 Å². The first kappa shape index (κ1) is 15.7. The third kappa shape index (κ3) is 4.33. The maximum Gasteiger partial charge on any atom is 0.136 e. The lowest BCUT2D eigenvalue weighted by Gasteiger charge is -2.15. The molecule has 2 heterocycles. The molecule has 2 aromatic heterocycles. The van der Waals surface area contributed by atoms with Crippen LogP contribution in [-0.4, -0.2) is 41.5 Å². The predicted molar refractivity (Wildman–Crippen MR) is 81.5 cm³/mol. The Morgan fingerprint density at radius 1 is 1.32 bits per heavy atom. The molecule has 0 bridgehead atoms. The van der Waals surface area contributed by atoms with E-state index in [0.29, 0.717) is 0 Å². The van der Waals surface area contributed by atoms with Gasteiger partial charge in [0.1, 0.15) is 5.65 Å². The SMILES string of the molecule is CC.CNCCN(C)Cc1cnc2ccc(C)cn12. The summed E-state index contributed by atoms with van der Waals surface area (Å²) in [5, 5.41) is 3.16. The topological polar surface area (TPSA) is 32.6 Å². The van der Waals surface area contributed by atoms with Crippen molar-refractivity contribution >= 4 is 5.65 Å². The molecule has 0 amide bonds. The van der Waals surface area contributed by atoms with Crippen LogP contribution in [0.5, 0.6) is 0 Å². The van der Waals surface area contributed by atoms with Gasteiger partial charge in [0.2, 0.25) is 0 Å². The zero-order valence-corrected chi connectivity index (χ0v) is 12.8. The van der Waals surface area contributed by atoms with E-state index in [-0.39, 0.29) is 0 Å². The van der Waals surface area contributed by atoms with Crippen molar-refractivity contribution in [2.45, 2.75) is 27.3 Å². The molecule has 2 rings (SSSR count). The number of fused-ring (bicyclic) bond motifs is 1. The summed E-state index contributed by atoms with van der Waals surface area (Å²) in [5.41, 5.74) is 3.52. The minimum absolute atomic E-state index is 0.923. The Morgan fingerprint density at radius 2 is 2.05 bits per heavy atom. The van der Waals surface area contributed by atoms with Crippen LogP contribution >= 0.6 is 0 Å². The molecule has 2 aromatic rings. The van der Waals surface area contributed by atoms with Gasteiger partial charge in [-0.2, -0.15) is 0 Å². The summed E-state index contributed by atoms with van der Waals surface area (Å²) >= 11 is 0. The van der Waals surface area contributed by atoms with Crippen LogP contribution in [0.2, 0.25) is 0 Å². The van der Waals surface area contributed by atoms with Crippen LogP contribution in [0.3, 0.4) is 0 Å². The van der Waals surface area contributed by atoms with Gasteiger partial charge in [-0.15, -0.1) is 0 Å². The van der Waals surface area contributed by atoms with Crippen LogP contribution in [0.4, 0.5) is 0 Å². The average molecular weight is 262 g/mol. The Labute approximate surface area is 116 Å². The minimum atomic E-state index is 0.923. The summed E-state index contributed by atoms with van der Waals surface area (Å²) in [6.45, 7) is 9.07. The van der Waals surface area contributed by atoms with Gasteiger partial charge < -0.3 is 9.72 Å². The highest BCUT2D eigenvalue weighted by molar-refractivity contribution is 5.41. The number of aryl methyl sites for hydroxylation is 1. The molecule has 0 spiro atoms.